The highest BCUT2D eigenvalue weighted by Crippen LogP contribution is 2.27. The van der Waals surface area contributed by atoms with Crippen LogP contribution in [0.3, 0.4) is 0 Å². The van der Waals surface area contributed by atoms with Crippen molar-refractivity contribution in [1.29, 1.82) is 0 Å². The van der Waals surface area contributed by atoms with Gasteiger partial charge >= 0.3 is 0 Å². The van der Waals surface area contributed by atoms with E-state index in [0.29, 0.717) is 6.04 Å². The SMILES string of the molecule is C[C@H](c1cccnc1)N(C)Cc1ccc2c(c1)CCO2. The third kappa shape index (κ3) is 2.68. The standard InChI is InChI=1S/C17H20N2O/c1-13(16-4-3-8-18-11-16)19(2)12-14-5-6-17-15(10-14)7-9-20-17/h3-6,8,10-11,13H,7,9,12H2,1-2H3/t13-/m1/s1. The third-order valence-electron chi connectivity index (χ3n) is 4.01. The van der Waals surface area contributed by atoms with Gasteiger partial charge in [-0.25, -0.2) is 0 Å². The van der Waals surface area contributed by atoms with Crippen LogP contribution in [0.5, 0.6) is 5.75 Å². The van der Waals surface area contributed by atoms with Crippen molar-refractivity contribution in [2.45, 2.75) is 25.9 Å². The summed E-state index contributed by atoms with van der Waals surface area (Å²) in [6, 6.07) is 11.0. The third-order valence-corrected chi connectivity index (χ3v) is 4.01. The van der Waals surface area contributed by atoms with Gasteiger partial charge in [-0.3, -0.25) is 9.88 Å². The second kappa shape index (κ2) is 5.63. The first kappa shape index (κ1) is 13.1. The molecular formula is C17H20N2O. The summed E-state index contributed by atoms with van der Waals surface area (Å²) in [7, 11) is 2.15. The molecule has 1 aliphatic heterocycles. The maximum Gasteiger partial charge on any atom is 0.122 e. The minimum absolute atomic E-state index is 0.355. The Hall–Kier alpha value is -1.87. The average Bonchev–Trinajstić information content (AvgIpc) is 2.95. The molecule has 0 spiro atoms. The van der Waals surface area contributed by atoms with Crippen LogP contribution in [0.1, 0.15) is 29.7 Å². The van der Waals surface area contributed by atoms with E-state index in [1.807, 2.05) is 18.5 Å². The number of hydrogen-bond donors (Lipinski definition) is 0. The summed E-state index contributed by atoms with van der Waals surface area (Å²) >= 11 is 0. The van der Waals surface area contributed by atoms with Gasteiger partial charge in [0.1, 0.15) is 5.75 Å². The molecule has 0 aliphatic carbocycles. The molecule has 1 aliphatic rings. The zero-order valence-corrected chi connectivity index (χ0v) is 12.0. The van der Waals surface area contributed by atoms with E-state index in [9.17, 15) is 0 Å². The fourth-order valence-corrected chi connectivity index (χ4v) is 2.64. The largest absolute Gasteiger partial charge is 0.493 e. The summed E-state index contributed by atoms with van der Waals surface area (Å²) in [5.74, 6) is 1.05. The molecular weight excluding hydrogens is 248 g/mol. The molecule has 2 heterocycles. The van der Waals surface area contributed by atoms with Gasteiger partial charge < -0.3 is 4.74 Å². The van der Waals surface area contributed by atoms with Gasteiger partial charge in [-0.15, -0.1) is 0 Å². The molecule has 1 aromatic heterocycles. The molecule has 0 radical (unpaired) electrons. The zero-order valence-electron chi connectivity index (χ0n) is 12.0. The van der Waals surface area contributed by atoms with Crippen molar-refractivity contribution in [2.24, 2.45) is 0 Å². The van der Waals surface area contributed by atoms with Gasteiger partial charge in [0, 0.05) is 31.4 Å². The van der Waals surface area contributed by atoms with E-state index in [1.54, 1.807) is 0 Å². The molecule has 0 fully saturated rings. The number of benzene rings is 1. The van der Waals surface area contributed by atoms with Crippen LogP contribution < -0.4 is 4.74 Å². The summed E-state index contributed by atoms with van der Waals surface area (Å²) in [5.41, 5.74) is 3.93. The number of hydrogen-bond acceptors (Lipinski definition) is 3. The second-order valence-corrected chi connectivity index (χ2v) is 5.42. The lowest BCUT2D eigenvalue weighted by atomic mass is 10.1. The average molecular weight is 268 g/mol. The van der Waals surface area contributed by atoms with Gasteiger partial charge in [0.05, 0.1) is 6.61 Å². The van der Waals surface area contributed by atoms with Crippen LogP contribution in [0, 0.1) is 0 Å². The minimum atomic E-state index is 0.355. The number of aromatic nitrogens is 1. The van der Waals surface area contributed by atoms with Crippen LogP contribution in [0.4, 0.5) is 0 Å². The van der Waals surface area contributed by atoms with E-state index in [1.165, 1.54) is 16.7 Å². The monoisotopic (exact) mass is 268 g/mol. The lowest BCUT2D eigenvalue weighted by Gasteiger charge is -2.25. The van der Waals surface area contributed by atoms with E-state index >= 15 is 0 Å². The van der Waals surface area contributed by atoms with Crippen LogP contribution in [0.2, 0.25) is 0 Å². The summed E-state index contributed by atoms with van der Waals surface area (Å²) in [6.45, 7) is 3.97. The molecule has 0 saturated carbocycles. The quantitative estimate of drug-likeness (QED) is 0.851. The molecule has 104 valence electrons. The first-order valence-electron chi connectivity index (χ1n) is 7.09. The Morgan fingerprint density at radius 1 is 1.35 bits per heavy atom. The van der Waals surface area contributed by atoms with Gasteiger partial charge in [0.25, 0.3) is 0 Å². The van der Waals surface area contributed by atoms with Crippen molar-refractivity contribution in [3.63, 3.8) is 0 Å². The Morgan fingerprint density at radius 2 is 2.25 bits per heavy atom. The van der Waals surface area contributed by atoms with Gasteiger partial charge in [-0.05, 0) is 42.8 Å². The molecule has 20 heavy (non-hydrogen) atoms. The maximum atomic E-state index is 5.55. The normalized spacial score (nSPS) is 14.9. The molecule has 3 heteroatoms. The van der Waals surface area contributed by atoms with E-state index in [0.717, 1.165) is 25.3 Å². The summed E-state index contributed by atoms with van der Waals surface area (Å²) < 4.78 is 5.55. The number of nitrogens with zero attached hydrogens (tertiary/aromatic N) is 2. The highest BCUT2D eigenvalue weighted by molar-refractivity contribution is 5.39. The Bertz CT molecular complexity index is 583. The Labute approximate surface area is 120 Å². The van der Waals surface area contributed by atoms with Crippen molar-refractivity contribution in [1.82, 2.24) is 9.88 Å². The van der Waals surface area contributed by atoms with Crippen molar-refractivity contribution >= 4 is 0 Å². The van der Waals surface area contributed by atoms with Crippen LogP contribution in [-0.2, 0) is 13.0 Å². The predicted octanol–water partition coefficient (Wildman–Crippen LogP) is 3.21. The Kier molecular flexibility index (Phi) is 3.70. The minimum Gasteiger partial charge on any atom is -0.493 e. The summed E-state index contributed by atoms with van der Waals surface area (Å²) in [5, 5.41) is 0. The van der Waals surface area contributed by atoms with E-state index in [-0.39, 0.29) is 0 Å². The molecule has 1 aromatic carbocycles. The molecule has 3 rings (SSSR count). The van der Waals surface area contributed by atoms with Crippen LogP contribution in [0.15, 0.2) is 42.7 Å². The molecule has 0 N–H and O–H groups in total. The van der Waals surface area contributed by atoms with Crippen molar-refractivity contribution < 1.29 is 4.74 Å². The molecule has 3 nitrogen and oxygen atoms in total. The summed E-state index contributed by atoms with van der Waals surface area (Å²) in [4.78, 5) is 6.54. The first-order valence-corrected chi connectivity index (χ1v) is 7.09. The van der Waals surface area contributed by atoms with E-state index in [4.69, 9.17) is 4.74 Å². The van der Waals surface area contributed by atoms with Gasteiger partial charge in [0.2, 0.25) is 0 Å². The predicted molar refractivity (Wildman–Crippen MR) is 79.8 cm³/mol. The van der Waals surface area contributed by atoms with Crippen molar-refractivity contribution in [2.75, 3.05) is 13.7 Å². The van der Waals surface area contributed by atoms with Crippen LogP contribution >= 0.6 is 0 Å². The second-order valence-electron chi connectivity index (χ2n) is 5.42. The number of fused-ring (bicyclic) bond motifs is 1. The number of ether oxygens (including phenoxy) is 1. The molecule has 0 amide bonds. The highest BCUT2D eigenvalue weighted by atomic mass is 16.5. The molecule has 0 unspecified atom stereocenters. The van der Waals surface area contributed by atoms with Crippen molar-refractivity contribution in [3.05, 3.63) is 59.4 Å². The highest BCUT2D eigenvalue weighted by Gasteiger charge is 2.15. The first-order chi connectivity index (χ1) is 9.74. The lowest BCUT2D eigenvalue weighted by molar-refractivity contribution is 0.252. The molecule has 0 saturated heterocycles. The molecule has 1 atom stereocenters. The fourth-order valence-electron chi connectivity index (χ4n) is 2.64. The zero-order chi connectivity index (χ0) is 13.9. The van der Waals surface area contributed by atoms with Gasteiger partial charge in [-0.2, -0.15) is 0 Å². The smallest absolute Gasteiger partial charge is 0.122 e. The fraction of sp³-hybridized carbons (Fsp3) is 0.353. The Morgan fingerprint density at radius 3 is 3.05 bits per heavy atom. The number of rotatable bonds is 4. The molecule has 2 aromatic rings. The van der Waals surface area contributed by atoms with E-state index in [2.05, 4.69) is 48.1 Å². The summed E-state index contributed by atoms with van der Waals surface area (Å²) in [6.07, 6.45) is 4.79. The van der Waals surface area contributed by atoms with Gasteiger partial charge in [0.15, 0.2) is 0 Å². The van der Waals surface area contributed by atoms with Crippen LogP contribution in [-0.4, -0.2) is 23.5 Å². The number of pyridine rings is 1. The topological polar surface area (TPSA) is 25.4 Å². The van der Waals surface area contributed by atoms with E-state index < -0.39 is 0 Å². The van der Waals surface area contributed by atoms with Crippen LogP contribution in [0.25, 0.3) is 0 Å². The maximum absolute atomic E-state index is 5.55. The van der Waals surface area contributed by atoms with Crippen molar-refractivity contribution in [3.8, 4) is 5.75 Å². The van der Waals surface area contributed by atoms with Gasteiger partial charge in [-0.1, -0.05) is 18.2 Å². The molecule has 0 bridgehead atoms. The lowest BCUT2D eigenvalue weighted by Crippen LogP contribution is -2.22. The Balaban J connectivity index is 1.71.